The molecule has 2 aromatic carbocycles. The minimum atomic E-state index is -0.613. The van der Waals surface area contributed by atoms with Gasteiger partial charge in [-0.2, -0.15) is 0 Å². The molecule has 0 amide bonds. The molecule has 0 aliphatic heterocycles. The summed E-state index contributed by atoms with van der Waals surface area (Å²) in [4.78, 5) is 23.6. The zero-order valence-electron chi connectivity index (χ0n) is 13.5. The lowest BCUT2D eigenvalue weighted by molar-refractivity contribution is 0.301. The van der Waals surface area contributed by atoms with Crippen molar-refractivity contribution in [3.05, 3.63) is 75.1 Å². The largest absolute Gasteiger partial charge is 0.494 e. The Morgan fingerprint density at radius 1 is 1.00 bits per heavy atom. The van der Waals surface area contributed by atoms with Crippen molar-refractivity contribution < 1.29 is 9.15 Å². The van der Waals surface area contributed by atoms with Crippen LogP contribution in [0.1, 0.15) is 18.4 Å². The molecular formula is C19H19NO4. The summed E-state index contributed by atoms with van der Waals surface area (Å²) in [5.74, 6) is 0.229. The van der Waals surface area contributed by atoms with Gasteiger partial charge in [0.2, 0.25) is 0 Å². The predicted octanol–water partition coefficient (Wildman–Crippen LogP) is 3.12. The molecule has 0 fully saturated rings. The fourth-order valence-electron chi connectivity index (χ4n) is 2.58. The molecule has 124 valence electrons. The summed E-state index contributed by atoms with van der Waals surface area (Å²) >= 11 is 0. The average Bonchev–Trinajstić information content (AvgIpc) is 2.59. The molecule has 0 unspecified atom stereocenters. The first-order chi connectivity index (χ1) is 11.6. The number of para-hydroxylation sites is 1. The van der Waals surface area contributed by atoms with Gasteiger partial charge >= 0.3 is 11.4 Å². The standard InChI is InChI=1S/C19H19NO4/c1-14-8-10-15(11-9-14)23-13-5-4-12-20-17-7-3-2-6-16(17)18(21)24-19(20)22/h2-3,6-11H,4-5,12-13H2,1H3. The molecular weight excluding hydrogens is 306 g/mol. The van der Waals surface area contributed by atoms with E-state index in [0.29, 0.717) is 24.1 Å². The van der Waals surface area contributed by atoms with E-state index in [1.165, 1.54) is 10.1 Å². The Balaban J connectivity index is 1.61. The molecule has 0 bridgehead atoms. The van der Waals surface area contributed by atoms with Crippen molar-refractivity contribution in [3.63, 3.8) is 0 Å². The smallest absolute Gasteiger partial charge is 0.422 e. The maximum absolute atomic E-state index is 11.9. The molecule has 0 spiro atoms. The second-order valence-corrected chi connectivity index (χ2v) is 5.69. The Labute approximate surface area is 139 Å². The van der Waals surface area contributed by atoms with Crippen LogP contribution in [0.3, 0.4) is 0 Å². The maximum Gasteiger partial charge on any atom is 0.422 e. The number of ether oxygens (including phenoxy) is 1. The number of fused-ring (bicyclic) bond motifs is 1. The molecule has 5 nitrogen and oxygen atoms in total. The molecule has 5 heteroatoms. The number of aromatic nitrogens is 1. The lowest BCUT2D eigenvalue weighted by atomic mass is 10.2. The summed E-state index contributed by atoms with van der Waals surface area (Å²) in [7, 11) is 0. The lowest BCUT2D eigenvalue weighted by Gasteiger charge is -2.09. The Morgan fingerprint density at radius 3 is 2.54 bits per heavy atom. The molecule has 3 aromatic rings. The highest BCUT2D eigenvalue weighted by molar-refractivity contribution is 5.77. The number of hydrogen-bond donors (Lipinski definition) is 0. The molecule has 3 rings (SSSR count). The number of hydrogen-bond acceptors (Lipinski definition) is 4. The summed E-state index contributed by atoms with van der Waals surface area (Å²) in [6.45, 7) is 3.09. The summed E-state index contributed by atoms with van der Waals surface area (Å²) < 4.78 is 12.0. The highest BCUT2D eigenvalue weighted by Gasteiger charge is 2.08. The highest BCUT2D eigenvalue weighted by atomic mass is 16.5. The number of rotatable bonds is 6. The van der Waals surface area contributed by atoms with Gasteiger partial charge in [0.05, 0.1) is 17.5 Å². The molecule has 0 saturated carbocycles. The Morgan fingerprint density at radius 2 is 1.75 bits per heavy atom. The zero-order valence-corrected chi connectivity index (χ0v) is 13.5. The van der Waals surface area contributed by atoms with Crippen molar-refractivity contribution in [2.75, 3.05) is 6.61 Å². The van der Waals surface area contributed by atoms with E-state index in [1.807, 2.05) is 31.2 Å². The van der Waals surface area contributed by atoms with Crippen LogP contribution in [-0.2, 0) is 6.54 Å². The Hall–Kier alpha value is -2.82. The van der Waals surface area contributed by atoms with Crippen LogP contribution in [0.15, 0.2) is 62.5 Å². The monoisotopic (exact) mass is 325 g/mol. The number of nitrogens with zero attached hydrogens (tertiary/aromatic N) is 1. The zero-order chi connectivity index (χ0) is 16.9. The van der Waals surface area contributed by atoms with E-state index >= 15 is 0 Å². The van der Waals surface area contributed by atoms with Gasteiger partial charge in [0, 0.05) is 6.54 Å². The molecule has 24 heavy (non-hydrogen) atoms. The lowest BCUT2D eigenvalue weighted by Crippen LogP contribution is -2.25. The first-order valence-electron chi connectivity index (χ1n) is 7.97. The van der Waals surface area contributed by atoms with Crippen LogP contribution in [0, 0.1) is 6.92 Å². The van der Waals surface area contributed by atoms with E-state index in [4.69, 9.17) is 9.15 Å². The van der Waals surface area contributed by atoms with E-state index in [1.54, 1.807) is 24.3 Å². The fourth-order valence-corrected chi connectivity index (χ4v) is 2.58. The fraction of sp³-hybridized carbons (Fsp3) is 0.263. The van der Waals surface area contributed by atoms with E-state index in [9.17, 15) is 9.59 Å². The van der Waals surface area contributed by atoms with Gasteiger partial charge in [-0.1, -0.05) is 29.8 Å². The third-order valence-electron chi connectivity index (χ3n) is 3.88. The van der Waals surface area contributed by atoms with Gasteiger partial charge < -0.3 is 9.15 Å². The van der Waals surface area contributed by atoms with E-state index in [0.717, 1.165) is 18.6 Å². The van der Waals surface area contributed by atoms with Gasteiger partial charge in [-0.15, -0.1) is 0 Å². The van der Waals surface area contributed by atoms with E-state index < -0.39 is 11.4 Å². The summed E-state index contributed by atoms with van der Waals surface area (Å²) in [6, 6.07) is 14.9. The number of aryl methyl sites for hydroxylation is 2. The topological polar surface area (TPSA) is 61.4 Å². The predicted molar refractivity (Wildman–Crippen MR) is 92.7 cm³/mol. The van der Waals surface area contributed by atoms with E-state index in [2.05, 4.69) is 0 Å². The van der Waals surface area contributed by atoms with Crippen LogP contribution < -0.4 is 16.1 Å². The van der Waals surface area contributed by atoms with Gasteiger partial charge in [0.15, 0.2) is 0 Å². The normalized spacial score (nSPS) is 10.9. The first-order valence-corrected chi connectivity index (χ1v) is 7.97. The average molecular weight is 325 g/mol. The van der Waals surface area contributed by atoms with Crippen molar-refractivity contribution in [1.82, 2.24) is 4.57 Å². The summed E-state index contributed by atoms with van der Waals surface area (Å²) in [6.07, 6.45) is 1.55. The van der Waals surface area contributed by atoms with Crippen LogP contribution in [-0.4, -0.2) is 11.2 Å². The maximum atomic E-state index is 11.9. The van der Waals surface area contributed by atoms with E-state index in [-0.39, 0.29) is 0 Å². The third-order valence-corrected chi connectivity index (χ3v) is 3.88. The van der Waals surface area contributed by atoms with Gasteiger partial charge in [0.1, 0.15) is 5.75 Å². The summed E-state index contributed by atoms with van der Waals surface area (Å²) in [5, 5.41) is 0.424. The Kier molecular flexibility index (Phi) is 4.79. The molecule has 0 atom stereocenters. The third kappa shape index (κ3) is 3.56. The first kappa shape index (κ1) is 16.1. The number of benzene rings is 2. The second-order valence-electron chi connectivity index (χ2n) is 5.69. The van der Waals surface area contributed by atoms with Crippen LogP contribution in [0.5, 0.6) is 5.75 Å². The second kappa shape index (κ2) is 7.17. The highest BCUT2D eigenvalue weighted by Crippen LogP contribution is 2.12. The van der Waals surface area contributed by atoms with Gasteiger partial charge in [-0.05, 0) is 44.0 Å². The van der Waals surface area contributed by atoms with Crippen LogP contribution in [0.2, 0.25) is 0 Å². The minimum absolute atomic E-state index is 0.424. The van der Waals surface area contributed by atoms with Crippen LogP contribution >= 0.6 is 0 Å². The molecule has 0 radical (unpaired) electrons. The molecule has 0 aliphatic carbocycles. The number of unbranched alkanes of at least 4 members (excludes halogenated alkanes) is 1. The Bertz CT molecular complexity index is 938. The quantitative estimate of drug-likeness (QED) is 0.653. The molecule has 1 heterocycles. The molecule has 0 aliphatic rings. The van der Waals surface area contributed by atoms with Crippen molar-refractivity contribution >= 4 is 10.9 Å². The molecule has 0 N–H and O–H groups in total. The van der Waals surface area contributed by atoms with Crippen molar-refractivity contribution in [3.8, 4) is 5.75 Å². The van der Waals surface area contributed by atoms with Crippen molar-refractivity contribution in [1.29, 1.82) is 0 Å². The summed E-state index contributed by atoms with van der Waals surface area (Å²) in [5.41, 5.74) is 1.21. The van der Waals surface area contributed by atoms with Crippen LogP contribution in [0.25, 0.3) is 10.9 Å². The van der Waals surface area contributed by atoms with Gasteiger partial charge in [-0.3, -0.25) is 4.57 Å². The molecule has 0 saturated heterocycles. The van der Waals surface area contributed by atoms with Crippen molar-refractivity contribution in [2.24, 2.45) is 0 Å². The molecule has 1 aromatic heterocycles. The SMILES string of the molecule is Cc1ccc(OCCCCn2c(=O)oc(=O)c3ccccc32)cc1. The van der Waals surface area contributed by atoms with Crippen LogP contribution in [0.4, 0.5) is 0 Å². The van der Waals surface area contributed by atoms with Gasteiger partial charge in [0.25, 0.3) is 0 Å². The van der Waals surface area contributed by atoms with Crippen molar-refractivity contribution in [2.45, 2.75) is 26.3 Å². The van der Waals surface area contributed by atoms with Gasteiger partial charge in [-0.25, -0.2) is 9.59 Å². The minimum Gasteiger partial charge on any atom is -0.494 e.